The van der Waals surface area contributed by atoms with Gasteiger partial charge in [-0.15, -0.1) is 0 Å². The zero-order valence-electron chi connectivity index (χ0n) is 26.4. The highest BCUT2D eigenvalue weighted by Crippen LogP contribution is 2.55. The predicted octanol–water partition coefficient (Wildman–Crippen LogP) is 12.7. The summed E-state index contributed by atoms with van der Waals surface area (Å²) in [6, 6.07) is 58.8. The first-order chi connectivity index (χ1) is 23.1. The molecule has 0 bridgehead atoms. The Hall–Kier alpha value is -5.86. The first-order valence-corrected chi connectivity index (χ1v) is 16.3. The number of furan rings is 1. The molecule has 7 aromatic carbocycles. The average molecular weight is 604 g/mol. The lowest BCUT2D eigenvalue weighted by Gasteiger charge is -2.29. The van der Waals surface area contributed by atoms with Crippen LogP contribution in [-0.4, -0.2) is 0 Å². The molecule has 8 aromatic rings. The van der Waals surface area contributed by atoms with E-state index >= 15 is 0 Å². The lowest BCUT2D eigenvalue weighted by Crippen LogP contribution is -2.16. The average Bonchev–Trinajstić information content (AvgIpc) is 3.62. The van der Waals surface area contributed by atoms with Gasteiger partial charge in [0.25, 0.3) is 0 Å². The summed E-state index contributed by atoms with van der Waals surface area (Å²) in [5.74, 6) is 0. The van der Waals surface area contributed by atoms with Crippen molar-refractivity contribution in [2.75, 3.05) is 4.90 Å². The van der Waals surface area contributed by atoms with Crippen LogP contribution in [0.1, 0.15) is 25.0 Å². The number of hydrogen-bond acceptors (Lipinski definition) is 2. The van der Waals surface area contributed by atoms with Gasteiger partial charge in [0, 0.05) is 22.1 Å². The number of benzene rings is 7. The maximum Gasteiger partial charge on any atom is 0.137 e. The molecule has 0 radical (unpaired) electrons. The lowest BCUT2D eigenvalue weighted by molar-refractivity contribution is 0.660. The Morgan fingerprint density at radius 1 is 0.468 bits per heavy atom. The molecule has 0 spiro atoms. The van der Waals surface area contributed by atoms with Crippen molar-refractivity contribution in [3.63, 3.8) is 0 Å². The molecule has 0 unspecified atom stereocenters. The Balaban J connectivity index is 1.30. The monoisotopic (exact) mass is 603 g/mol. The van der Waals surface area contributed by atoms with Crippen LogP contribution in [0.3, 0.4) is 0 Å². The van der Waals surface area contributed by atoms with Crippen molar-refractivity contribution in [1.29, 1.82) is 0 Å². The smallest absolute Gasteiger partial charge is 0.137 e. The third kappa shape index (κ3) is 4.33. The van der Waals surface area contributed by atoms with Crippen molar-refractivity contribution in [1.82, 2.24) is 0 Å². The number of rotatable bonds is 5. The molecule has 0 amide bonds. The van der Waals surface area contributed by atoms with E-state index in [-0.39, 0.29) is 5.41 Å². The maximum absolute atomic E-state index is 6.52. The molecule has 1 aliphatic carbocycles. The summed E-state index contributed by atoms with van der Waals surface area (Å²) in [6.45, 7) is 4.72. The second-order valence-corrected chi connectivity index (χ2v) is 13.0. The van der Waals surface area contributed by atoms with E-state index in [1.165, 1.54) is 44.5 Å². The Morgan fingerprint density at radius 3 is 1.81 bits per heavy atom. The van der Waals surface area contributed by atoms with E-state index in [4.69, 9.17) is 4.42 Å². The molecule has 9 rings (SSSR count). The molecular weight excluding hydrogens is 571 g/mol. The first kappa shape index (κ1) is 27.5. The molecule has 0 fully saturated rings. The van der Waals surface area contributed by atoms with Crippen LogP contribution in [-0.2, 0) is 5.41 Å². The fraction of sp³-hybridized carbons (Fsp3) is 0.0667. The van der Waals surface area contributed by atoms with Gasteiger partial charge in [0.1, 0.15) is 11.2 Å². The van der Waals surface area contributed by atoms with Crippen LogP contribution in [0.4, 0.5) is 17.1 Å². The highest BCUT2D eigenvalue weighted by Gasteiger charge is 2.38. The Labute approximate surface area is 275 Å². The summed E-state index contributed by atoms with van der Waals surface area (Å²) in [7, 11) is 0. The quantitative estimate of drug-likeness (QED) is 0.195. The SMILES string of the molecule is CC1(C)c2cc(-c3ccccc3)ccc2-c2c(N(c3ccccc3)c3cccc4oc5ccc(-c6ccccc6)cc5c34)cccc21. The zero-order chi connectivity index (χ0) is 31.5. The van der Waals surface area contributed by atoms with Crippen molar-refractivity contribution in [2.45, 2.75) is 19.3 Å². The van der Waals surface area contributed by atoms with Gasteiger partial charge in [-0.3, -0.25) is 0 Å². The van der Waals surface area contributed by atoms with E-state index < -0.39 is 0 Å². The molecule has 0 atom stereocenters. The second kappa shape index (κ2) is 10.6. The van der Waals surface area contributed by atoms with Crippen molar-refractivity contribution >= 4 is 39.0 Å². The fourth-order valence-electron chi connectivity index (χ4n) is 7.55. The molecule has 0 aliphatic heterocycles. The van der Waals surface area contributed by atoms with Crippen molar-refractivity contribution < 1.29 is 4.42 Å². The third-order valence-corrected chi connectivity index (χ3v) is 9.86. The zero-order valence-corrected chi connectivity index (χ0v) is 26.4. The van der Waals surface area contributed by atoms with Crippen LogP contribution in [0.25, 0.3) is 55.3 Å². The van der Waals surface area contributed by atoms with Gasteiger partial charge in [0.2, 0.25) is 0 Å². The molecule has 2 nitrogen and oxygen atoms in total. The van der Waals surface area contributed by atoms with Crippen LogP contribution in [0.15, 0.2) is 168 Å². The van der Waals surface area contributed by atoms with Crippen molar-refractivity contribution in [3.8, 4) is 33.4 Å². The van der Waals surface area contributed by atoms with Gasteiger partial charge in [0.15, 0.2) is 0 Å². The number of hydrogen-bond donors (Lipinski definition) is 0. The van der Waals surface area contributed by atoms with E-state index in [1.54, 1.807) is 0 Å². The minimum atomic E-state index is -0.160. The van der Waals surface area contributed by atoms with Crippen molar-refractivity contribution in [2.24, 2.45) is 0 Å². The molecular formula is C45H33NO. The second-order valence-electron chi connectivity index (χ2n) is 13.0. The van der Waals surface area contributed by atoms with Crippen molar-refractivity contribution in [3.05, 3.63) is 175 Å². The van der Waals surface area contributed by atoms with Crippen LogP contribution in [0, 0.1) is 0 Å². The van der Waals surface area contributed by atoms with Gasteiger partial charge >= 0.3 is 0 Å². The van der Waals surface area contributed by atoms with Crippen LogP contribution >= 0.6 is 0 Å². The third-order valence-electron chi connectivity index (χ3n) is 9.86. The van der Waals surface area contributed by atoms with E-state index in [0.29, 0.717) is 0 Å². The van der Waals surface area contributed by atoms with Gasteiger partial charge in [-0.2, -0.15) is 0 Å². The van der Waals surface area contributed by atoms with Crippen LogP contribution in [0.2, 0.25) is 0 Å². The fourth-order valence-corrected chi connectivity index (χ4v) is 7.55. The van der Waals surface area contributed by atoms with Gasteiger partial charge in [-0.25, -0.2) is 0 Å². The Bertz CT molecular complexity index is 2420. The van der Waals surface area contributed by atoms with E-state index in [9.17, 15) is 0 Å². The topological polar surface area (TPSA) is 16.4 Å². The number of para-hydroxylation sites is 1. The van der Waals surface area contributed by atoms with E-state index in [0.717, 1.165) is 39.0 Å². The van der Waals surface area contributed by atoms with Crippen LogP contribution in [0.5, 0.6) is 0 Å². The normalized spacial score (nSPS) is 13.1. The Morgan fingerprint density at radius 2 is 1.09 bits per heavy atom. The van der Waals surface area contributed by atoms with Gasteiger partial charge in [0.05, 0.1) is 16.8 Å². The molecule has 0 saturated carbocycles. The first-order valence-electron chi connectivity index (χ1n) is 16.3. The van der Waals surface area contributed by atoms with Gasteiger partial charge < -0.3 is 9.32 Å². The summed E-state index contributed by atoms with van der Waals surface area (Å²) < 4.78 is 6.52. The number of nitrogens with zero attached hydrogens (tertiary/aromatic N) is 1. The molecule has 2 heteroatoms. The Kier molecular flexibility index (Phi) is 6.20. The van der Waals surface area contributed by atoms with Gasteiger partial charge in [-0.1, -0.05) is 129 Å². The molecule has 1 heterocycles. The summed E-state index contributed by atoms with van der Waals surface area (Å²) in [6.07, 6.45) is 0. The largest absolute Gasteiger partial charge is 0.456 e. The van der Waals surface area contributed by atoms with Crippen LogP contribution < -0.4 is 4.90 Å². The number of fused-ring (bicyclic) bond motifs is 6. The maximum atomic E-state index is 6.52. The van der Waals surface area contributed by atoms with Gasteiger partial charge in [-0.05, 0) is 87.5 Å². The molecule has 1 aromatic heterocycles. The minimum absolute atomic E-state index is 0.160. The minimum Gasteiger partial charge on any atom is -0.456 e. The highest BCUT2D eigenvalue weighted by molar-refractivity contribution is 6.15. The molecule has 224 valence electrons. The molecule has 0 saturated heterocycles. The summed E-state index contributed by atoms with van der Waals surface area (Å²) >= 11 is 0. The summed E-state index contributed by atoms with van der Waals surface area (Å²) in [5.41, 5.74) is 15.1. The molecule has 1 aliphatic rings. The summed E-state index contributed by atoms with van der Waals surface area (Å²) in [4.78, 5) is 2.43. The number of anilines is 3. The van der Waals surface area contributed by atoms with E-state index in [1.807, 2.05) is 0 Å². The molecule has 0 N–H and O–H groups in total. The highest BCUT2D eigenvalue weighted by atomic mass is 16.3. The summed E-state index contributed by atoms with van der Waals surface area (Å²) in [5, 5.41) is 2.22. The predicted molar refractivity (Wildman–Crippen MR) is 197 cm³/mol. The lowest BCUT2D eigenvalue weighted by atomic mass is 9.81. The van der Waals surface area contributed by atoms with E-state index in [2.05, 4.69) is 183 Å². The molecule has 47 heavy (non-hydrogen) atoms. The standard InChI is InChI=1S/C45H33NO/c1-45(2)37-20-12-21-39(43(37)35-26-24-33(29-38(35)45)31-16-8-4-9-17-31)46(34-18-10-5-11-19-34)40-22-13-23-42-44(40)36-28-32(25-27-41(36)47-42)30-14-6-3-7-15-30/h3-29H,1-2H3.